The minimum absolute atomic E-state index is 0.00547. The maximum absolute atomic E-state index is 13.6. The molecule has 148 valence electrons. The molecule has 1 aromatic rings. The summed E-state index contributed by atoms with van der Waals surface area (Å²) in [6, 6.07) is 7.72. The molecule has 2 saturated heterocycles. The quantitative estimate of drug-likeness (QED) is 0.793. The number of carbonyl (C=O) groups is 2. The third-order valence-electron chi connectivity index (χ3n) is 7.13. The van der Waals surface area contributed by atoms with E-state index in [0.717, 1.165) is 24.0 Å². The number of nitrogens with one attached hydrogen (secondary N) is 2. The second kappa shape index (κ2) is 6.62. The number of urea groups is 1. The van der Waals surface area contributed by atoms with Gasteiger partial charge in [-0.05, 0) is 45.6 Å². The zero-order valence-corrected chi connectivity index (χ0v) is 17.5. The average molecular weight is 372 g/mol. The Morgan fingerprint density at radius 2 is 1.74 bits per heavy atom. The summed E-state index contributed by atoms with van der Waals surface area (Å²) in [5.74, 6) is -0.0875. The maximum Gasteiger partial charge on any atom is 0.325 e. The molecule has 3 amide bonds. The number of amides is 3. The summed E-state index contributed by atoms with van der Waals surface area (Å²) < 4.78 is 0. The van der Waals surface area contributed by atoms with Gasteiger partial charge in [-0.3, -0.25) is 9.69 Å². The lowest BCUT2D eigenvalue weighted by Gasteiger charge is -2.56. The predicted octanol–water partition coefficient (Wildman–Crippen LogP) is 3.75. The molecule has 2 aliphatic rings. The van der Waals surface area contributed by atoms with Crippen molar-refractivity contribution in [2.45, 2.75) is 84.0 Å². The van der Waals surface area contributed by atoms with E-state index in [-0.39, 0.29) is 28.9 Å². The molecule has 0 aromatic heterocycles. The SMILES string of the molecule is CCC1(C)CC2(NC(=O)N(Cc3ccc(C)cc3)C2=O)C(C)C(C)(CC)N1. The molecule has 1 aromatic carbocycles. The van der Waals surface area contributed by atoms with Gasteiger partial charge in [-0.25, -0.2) is 4.79 Å². The van der Waals surface area contributed by atoms with Crippen LogP contribution in [0.3, 0.4) is 0 Å². The lowest BCUT2D eigenvalue weighted by Crippen LogP contribution is -2.74. The Morgan fingerprint density at radius 3 is 2.30 bits per heavy atom. The van der Waals surface area contributed by atoms with Crippen LogP contribution in [0.25, 0.3) is 0 Å². The maximum atomic E-state index is 13.6. The fourth-order valence-electron chi connectivity index (χ4n) is 4.84. The third kappa shape index (κ3) is 3.16. The van der Waals surface area contributed by atoms with Crippen molar-refractivity contribution < 1.29 is 9.59 Å². The van der Waals surface area contributed by atoms with E-state index >= 15 is 0 Å². The summed E-state index contributed by atoms with van der Waals surface area (Å²) in [5, 5.41) is 6.92. The number of rotatable bonds is 4. The second-order valence-corrected chi connectivity index (χ2v) is 8.99. The highest BCUT2D eigenvalue weighted by atomic mass is 16.2. The molecule has 1 spiro atoms. The van der Waals surface area contributed by atoms with Crippen LogP contribution in [0.5, 0.6) is 0 Å². The monoisotopic (exact) mass is 371 g/mol. The van der Waals surface area contributed by atoms with Crippen molar-refractivity contribution >= 4 is 11.9 Å². The number of piperidine rings is 1. The second-order valence-electron chi connectivity index (χ2n) is 8.99. The van der Waals surface area contributed by atoms with Gasteiger partial charge >= 0.3 is 6.03 Å². The van der Waals surface area contributed by atoms with E-state index < -0.39 is 5.54 Å². The van der Waals surface area contributed by atoms with Crippen molar-refractivity contribution in [2.24, 2.45) is 5.92 Å². The van der Waals surface area contributed by atoms with Crippen LogP contribution in [0.15, 0.2) is 24.3 Å². The lowest BCUT2D eigenvalue weighted by molar-refractivity contribution is -0.139. The highest BCUT2D eigenvalue weighted by Gasteiger charge is 2.63. The van der Waals surface area contributed by atoms with Crippen molar-refractivity contribution in [3.8, 4) is 0 Å². The van der Waals surface area contributed by atoms with Gasteiger partial charge in [-0.2, -0.15) is 0 Å². The number of carbonyl (C=O) groups excluding carboxylic acids is 2. The van der Waals surface area contributed by atoms with Gasteiger partial charge < -0.3 is 10.6 Å². The molecule has 5 heteroatoms. The summed E-state index contributed by atoms with van der Waals surface area (Å²) in [6.45, 7) is 13.1. The van der Waals surface area contributed by atoms with E-state index in [4.69, 9.17) is 0 Å². The summed E-state index contributed by atoms with van der Waals surface area (Å²) >= 11 is 0. The first-order valence-electron chi connectivity index (χ1n) is 10.1. The number of aryl methyl sites for hydroxylation is 1. The minimum Gasteiger partial charge on any atom is -0.323 e. The Morgan fingerprint density at radius 1 is 1.11 bits per heavy atom. The van der Waals surface area contributed by atoms with Gasteiger partial charge in [0.1, 0.15) is 5.54 Å². The summed E-state index contributed by atoms with van der Waals surface area (Å²) in [5.41, 5.74) is 0.880. The van der Waals surface area contributed by atoms with Crippen LogP contribution in [0, 0.1) is 12.8 Å². The van der Waals surface area contributed by atoms with E-state index in [9.17, 15) is 9.59 Å². The smallest absolute Gasteiger partial charge is 0.323 e. The molecular formula is C22H33N3O2. The lowest BCUT2D eigenvalue weighted by atomic mass is 9.61. The molecule has 0 radical (unpaired) electrons. The molecular weight excluding hydrogens is 338 g/mol. The van der Waals surface area contributed by atoms with Gasteiger partial charge in [0.15, 0.2) is 0 Å². The zero-order valence-electron chi connectivity index (χ0n) is 17.5. The standard InChI is InChI=1S/C22H33N3O2/c1-7-20(5)14-22(16(4)21(6,8-2)24-20)18(26)25(19(27)23-22)13-17-11-9-15(3)10-12-17/h9-12,16,24H,7-8,13-14H2,1-6H3,(H,23,27). The van der Waals surface area contributed by atoms with Crippen molar-refractivity contribution in [1.82, 2.24) is 15.5 Å². The van der Waals surface area contributed by atoms with Crippen molar-refractivity contribution in [3.05, 3.63) is 35.4 Å². The van der Waals surface area contributed by atoms with Gasteiger partial charge in [0.05, 0.1) is 6.54 Å². The molecule has 2 N–H and O–H groups in total. The Bertz CT molecular complexity index is 746. The fraction of sp³-hybridized carbons (Fsp3) is 0.636. The molecule has 4 atom stereocenters. The molecule has 0 bridgehead atoms. The molecule has 4 unspecified atom stereocenters. The Kier molecular flexibility index (Phi) is 4.87. The van der Waals surface area contributed by atoms with E-state index in [2.05, 4.69) is 45.3 Å². The summed E-state index contributed by atoms with van der Waals surface area (Å²) in [6.07, 6.45) is 2.41. The van der Waals surface area contributed by atoms with Crippen LogP contribution in [-0.4, -0.2) is 33.5 Å². The largest absolute Gasteiger partial charge is 0.325 e. The van der Waals surface area contributed by atoms with E-state index in [1.165, 1.54) is 4.90 Å². The van der Waals surface area contributed by atoms with Gasteiger partial charge in [0.2, 0.25) is 0 Å². The Hall–Kier alpha value is -1.88. The fourth-order valence-corrected chi connectivity index (χ4v) is 4.84. The van der Waals surface area contributed by atoms with E-state index in [1.54, 1.807) is 0 Å². The first kappa shape index (κ1) is 19.9. The van der Waals surface area contributed by atoms with Gasteiger partial charge in [-0.1, -0.05) is 50.6 Å². The first-order valence-corrected chi connectivity index (χ1v) is 10.1. The molecule has 0 aliphatic carbocycles. The summed E-state index contributed by atoms with van der Waals surface area (Å²) in [7, 11) is 0. The van der Waals surface area contributed by atoms with Gasteiger partial charge in [0, 0.05) is 17.0 Å². The number of nitrogens with zero attached hydrogens (tertiary/aromatic N) is 1. The van der Waals surface area contributed by atoms with Crippen molar-refractivity contribution in [2.75, 3.05) is 0 Å². The molecule has 2 aliphatic heterocycles. The van der Waals surface area contributed by atoms with Crippen LogP contribution in [0.1, 0.15) is 65.0 Å². The molecule has 27 heavy (non-hydrogen) atoms. The summed E-state index contributed by atoms with van der Waals surface area (Å²) in [4.78, 5) is 27.8. The van der Waals surface area contributed by atoms with Gasteiger partial charge in [-0.15, -0.1) is 0 Å². The highest BCUT2D eigenvalue weighted by molar-refractivity contribution is 6.07. The normalized spacial score (nSPS) is 36.4. The van der Waals surface area contributed by atoms with E-state index in [0.29, 0.717) is 13.0 Å². The van der Waals surface area contributed by atoms with Crippen LogP contribution < -0.4 is 10.6 Å². The Balaban J connectivity index is 1.96. The zero-order chi connectivity index (χ0) is 20.0. The highest BCUT2D eigenvalue weighted by Crippen LogP contribution is 2.46. The molecule has 5 nitrogen and oxygen atoms in total. The number of imide groups is 1. The van der Waals surface area contributed by atoms with Crippen LogP contribution in [0.2, 0.25) is 0 Å². The average Bonchev–Trinajstić information content (AvgIpc) is 2.86. The third-order valence-corrected chi connectivity index (χ3v) is 7.13. The minimum atomic E-state index is -0.845. The molecule has 2 fully saturated rings. The molecule has 2 heterocycles. The topological polar surface area (TPSA) is 61.4 Å². The van der Waals surface area contributed by atoms with Crippen molar-refractivity contribution in [1.29, 1.82) is 0 Å². The van der Waals surface area contributed by atoms with Crippen LogP contribution in [-0.2, 0) is 11.3 Å². The van der Waals surface area contributed by atoms with Crippen LogP contribution in [0.4, 0.5) is 4.79 Å². The number of benzene rings is 1. The molecule has 3 rings (SSSR count). The van der Waals surface area contributed by atoms with Crippen molar-refractivity contribution in [3.63, 3.8) is 0 Å². The van der Waals surface area contributed by atoms with Crippen LogP contribution >= 0.6 is 0 Å². The first-order chi connectivity index (χ1) is 12.6. The predicted molar refractivity (Wildman–Crippen MR) is 107 cm³/mol. The van der Waals surface area contributed by atoms with Gasteiger partial charge in [0.25, 0.3) is 5.91 Å². The Labute approximate surface area is 162 Å². The van der Waals surface area contributed by atoms with E-state index in [1.807, 2.05) is 31.2 Å². The number of hydrogen-bond acceptors (Lipinski definition) is 3. The number of hydrogen-bond donors (Lipinski definition) is 2. The molecule has 0 saturated carbocycles.